The number of nitrogens with zero attached hydrogens (tertiary/aromatic N) is 2. The minimum atomic E-state index is 0.127. The van der Waals surface area contributed by atoms with Crippen molar-refractivity contribution in [3.8, 4) is 0 Å². The van der Waals surface area contributed by atoms with E-state index in [0.29, 0.717) is 0 Å². The van der Waals surface area contributed by atoms with Gasteiger partial charge in [-0.1, -0.05) is 13.8 Å². The molecule has 0 fully saturated rings. The van der Waals surface area contributed by atoms with Gasteiger partial charge in [-0.15, -0.1) is 0 Å². The molecule has 0 radical (unpaired) electrons. The van der Waals surface area contributed by atoms with Crippen molar-refractivity contribution in [1.82, 2.24) is 15.1 Å². The first-order valence-electron chi connectivity index (χ1n) is 5.78. The summed E-state index contributed by atoms with van der Waals surface area (Å²) >= 11 is 0. The Morgan fingerprint density at radius 3 is 2.75 bits per heavy atom. The Labute approximate surface area is 97.7 Å². The summed E-state index contributed by atoms with van der Waals surface area (Å²) in [4.78, 5) is 0. The highest BCUT2D eigenvalue weighted by atomic mass is 16.3. The van der Waals surface area contributed by atoms with Gasteiger partial charge in [-0.2, -0.15) is 5.10 Å². The SMILES string of the molecule is CC(NCC(C)(C)CCO)c1ccnn1C. The third-order valence-corrected chi connectivity index (χ3v) is 2.98. The van der Waals surface area contributed by atoms with E-state index in [1.807, 2.05) is 24.0 Å². The first-order chi connectivity index (χ1) is 7.46. The van der Waals surface area contributed by atoms with Crippen LogP contribution in [0, 0.1) is 5.41 Å². The van der Waals surface area contributed by atoms with Crippen LogP contribution in [0.2, 0.25) is 0 Å². The van der Waals surface area contributed by atoms with E-state index < -0.39 is 0 Å². The number of rotatable bonds is 6. The molecule has 0 saturated heterocycles. The Morgan fingerprint density at radius 2 is 2.25 bits per heavy atom. The van der Waals surface area contributed by atoms with Gasteiger partial charge < -0.3 is 10.4 Å². The lowest BCUT2D eigenvalue weighted by atomic mass is 9.89. The van der Waals surface area contributed by atoms with Crippen LogP contribution < -0.4 is 5.32 Å². The lowest BCUT2D eigenvalue weighted by Gasteiger charge is -2.26. The quantitative estimate of drug-likeness (QED) is 0.771. The van der Waals surface area contributed by atoms with Crippen molar-refractivity contribution >= 4 is 0 Å². The summed E-state index contributed by atoms with van der Waals surface area (Å²) in [6.45, 7) is 7.58. The van der Waals surface area contributed by atoms with Crippen molar-refractivity contribution in [2.75, 3.05) is 13.2 Å². The summed E-state index contributed by atoms with van der Waals surface area (Å²) in [5.41, 5.74) is 1.31. The van der Waals surface area contributed by atoms with E-state index in [1.54, 1.807) is 0 Å². The van der Waals surface area contributed by atoms with Gasteiger partial charge in [-0.05, 0) is 24.8 Å². The second-order valence-corrected chi connectivity index (χ2v) is 5.12. The van der Waals surface area contributed by atoms with Crippen molar-refractivity contribution in [3.63, 3.8) is 0 Å². The number of aliphatic hydroxyl groups is 1. The maximum absolute atomic E-state index is 8.95. The van der Waals surface area contributed by atoms with Crippen LogP contribution in [0.15, 0.2) is 12.3 Å². The smallest absolute Gasteiger partial charge is 0.0547 e. The minimum Gasteiger partial charge on any atom is -0.396 e. The molecule has 2 N–H and O–H groups in total. The number of nitrogens with one attached hydrogen (secondary N) is 1. The lowest BCUT2D eigenvalue weighted by Crippen LogP contribution is -2.32. The second kappa shape index (κ2) is 5.46. The maximum atomic E-state index is 8.95. The van der Waals surface area contributed by atoms with Gasteiger partial charge in [-0.3, -0.25) is 4.68 Å². The highest BCUT2D eigenvalue weighted by Gasteiger charge is 2.19. The predicted molar refractivity (Wildman–Crippen MR) is 65.1 cm³/mol. The molecule has 92 valence electrons. The molecule has 0 saturated carbocycles. The molecule has 1 unspecified atom stereocenters. The zero-order chi connectivity index (χ0) is 12.2. The summed E-state index contributed by atoms with van der Waals surface area (Å²) in [5, 5.41) is 16.6. The zero-order valence-corrected chi connectivity index (χ0v) is 10.7. The number of aliphatic hydroxyl groups excluding tert-OH is 1. The molecule has 1 rings (SSSR count). The molecule has 0 aliphatic heterocycles. The van der Waals surface area contributed by atoms with E-state index in [0.717, 1.165) is 13.0 Å². The molecule has 0 bridgehead atoms. The van der Waals surface area contributed by atoms with Crippen molar-refractivity contribution < 1.29 is 5.11 Å². The fourth-order valence-electron chi connectivity index (χ4n) is 1.73. The van der Waals surface area contributed by atoms with Crippen LogP contribution >= 0.6 is 0 Å². The Balaban J connectivity index is 2.47. The lowest BCUT2D eigenvalue weighted by molar-refractivity contribution is 0.203. The summed E-state index contributed by atoms with van der Waals surface area (Å²) in [5.74, 6) is 0. The van der Waals surface area contributed by atoms with Crippen LogP contribution in [-0.2, 0) is 7.05 Å². The molecule has 0 aliphatic carbocycles. The van der Waals surface area contributed by atoms with Crippen LogP contribution in [-0.4, -0.2) is 28.0 Å². The van der Waals surface area contributed by atoms with E-state index in [-0.39, 0.29) is 18.1 Å². The van der Waals surface area contributed by atoms with Gasteiger partial charge in [0.05, 0.1) is 5.69 Å². The Morgan fingerprint density at radius 1 is 1.56 bits per heavy atom. The van der Waals surface area contributed by atoms with E-state index in [1.165, 1.54) is 5.69 Å². The molecular formula is C12H23N3O. The van der Waals surface area contributed by atoms with E-state index >= 15 is 0 Å². The average Bonchev–Trinajstić information content (AvgIpc) is 2.61. The van der Waals surface area contributed by atoms with Crippen LogP contribution in [0.1, 0.15) is 38.9 Å². The molecule has 4 heteroatoms. The van der Waals surface area contributed by atoms with Gasteiger partial charge in [0.25, 0.3) is 0 Å². The molecule has 0 amide bonds. The first kappa shape index (κ1) is 13.2. The van der Waals surface area contributed by atoms with E-state index in [2.05, 4.69) is 31.2 Å². The van der Waals surface area contributed by atoms with Gasteiger partial charge in [0, 0.05) is 32.4 Å². The Kier molecular flexibility index (Phi) is 4.50. The standard InChI is InChI=1S/C12H23N3O/c1-10(11-5-7-14-15(11)4)13-9-12(2,3)6-8-16/h5,7,10,13,16H,6,8-9H2,1-4H3. The van der Waals surface area contributed by atoms with Crippen LogP contribution in [0.3, 0.4) is 0 Å². The first-order valence-corrected chi connectivity index (χ1v) is 5.78. The van der Waals surface area contributed by atoms with Gasteiger partial charge in [0.1, 0.15) is 0 Å². The van der Waals surface area contributed by atoms with Crippen LogP contribution in [0.25, 0.3) is 0 Å². The highest BCUT2D eigenvalue weighted by molar-refractivity contribution is 5.05. The summed E-state index contributed by atoms with van der Waals surface area (Å²) in [6, 6.07) is 2.31. The molecule has 0 spiro atoms. The normalized spacial score (nSPS) is 14.1. The van der Waals surface area contributed by atoms with Crippen molar-refractivity contribution in [2.45, 2.75) is 33.2 Å². The van der Waals surface area contributed by atoms with E-state index in [9.17, 15) is 0 Å². The van der Waals surface area contributed by atoms with Crippen LogP contribution in [0.5, 0.6) is 0 Å². The monoisotopic (exact) mass is 225 g/mol. The van der Waals surface area contributed by atoms with E-state index in [4.69, 9.17) is 5.11 Å². The molecule has 0 aromatic carbocycles. The number of aryl methyl sites for hydroxylation is 1. The summed E-state index contributed by atoms with van der Waals surface area (Å²) in [6.07, 6.45) is 2.63. The topological polar surface area (TPSA) is 50.1 Å². The molecular weight excluding hydrogens is 202 g/mol. The van der Waals surface area contributed by atoms with Crippen molar-refractivity contribution in [3.05, 3.63) is 18.0 Å². The average molecular weight is 225 g/mol. The van der Waals surface area contributed by atoms with Gasteiger partial charge >= 0.3 is 0 Å². The molecule has 1 aromatic heterocycles. The predicted octanol–water partition coefficient (Wildman–Crippen LogP) is 1.48. The number of aromatic nitrogens is 2. The minimum absolute atomic E-state index is 0.127. The second-order valence-electron chi connectivity index (χ2n) is 5.12. The Hall–Kier alpha value is -0.870. The number of hydrogen-bond acceptors (Lipinski definition) is 3. The molecule has 4 nitrogen and oxygen atoms in total. The van der Waals surface area contributed by atoms with Crippen molar-refractivity contribution in [2.24, 2.45) is 12.5 Å². The molecule has 0 aliphatic rings. The molecule has 1 atom stereocenters. The molecule has 1 aromatic rings. The van der Waals surface area contributed by atoms with Gasteiger partial charge in [-0.25, -0.2) is 0 Å². The van der Waals surface area contributed by atoms with Crippen molar-refractivity contribution in [1.29, 1.82) is 0 Å². The van der Waals surface area contributed by atoms with Crippen LogP contribution in [0.4, 0.5) is 0 Å². The fraction of sp³-hybridized carbons (Fsp3) is 0.750. The summed E-state index contributed by atoms with van der Waals surface area (Å²) in [7, 11) is 1.95. The van der Waals surface area contributed by atoms with Gasteiger partial charge in [0.15, 0.2) is 0 Å². The largest absolute Gasteiger partial charge is 0.396 e. The number of hydrogen-bond donors (Lipinski definition) is 2. The fourth-order valence-corrected chi connectivity index (χ4v) is 1.73. The third-order valence-electron chi connectivity index (χ3n) is 2.98. The zero-order valence-electron chi connectivity index (χ0n) is 10.7. The molecule has 1 heterocycles. The molecule has 16 heavy (non-hydrogen) atoms. The highest BCUT2D eigenvalue weighted by Crippen LogP contribution is 2.20. The summed E-state index contributed by atoms with van der Waals surface area (Å²) < 4.78 is 1.89. The van der Waals surface area contributed by atoms with Gasteiger partial charge in [0.2, 0.25) is 0 Å². The maximum Gasteiger partial charge on any atom is 0.0547 e. The Bertz CT molecular complexity index is 320. The third kappa shape index (κ3) is 3.61.